The van der Waals surface area contributed by atoms with Gasteiger partial charge in [-0.05, 0) is 6.92 Å². The van der Waals surface area contributed by atoms with Crippen LogP contribution in [0.3, 0.4) is 0 Å². The molecule has 0 saturated carbocycles. The number of aromatic hydroxyl groups is 1. The van der Waals surface area contributed by atoms with Gasteiger partial charge in [-0.2, -0.15) is 4.98 Å². The summed E-state index contributed by atoms with van der Waals surface area (Å²) in [5.41, 5.74) is -3.16. The molecule has 0 bridgehead atoms. The van der Waals surface area contributed by atoms with Crippen molar-refractivity contribution in [3.8, 4) is 5.88 Å². The standard InChI is InChI=1S/C10H13FN2O5/c1-10(11)7(16)5(4-14)18-8(10)13-3-2-6(15)12-9(13)17/h2-3,5,7-8,14,16H,4H2,1H3,(H,12,15,17). The fraction of sp³-hybridized carbons (Fsp3) is 0.600. The predicted octanol–water partition coefficient (Wildman–Crippen LogP) is -1.07. The average Bonchev–Trinajstić information content (AvgIpc) is 2.52. The summed E-state index contributed by atoms with van der Waals surface area (Å²) in [5, 5.41) is 27.6. The van der Waals surface area contributed by atoms with Crippen LogP contribution >= 0.6 is 0 Å². The highest BCUT2D eigenvalue weighted by Crippen LogP contribution is 2.40. The second-order valence-electron chi connectivity index (χ2n) is 4.28. The molecule has 0 aliphatic carbocycles. The minimum atomic E-state index is -2.25. The third kappa shape index (κ3) is 1.88. The number of hydrogen-bond donors (Lipinski definition) is 3. The summed E-state index contributed by atoms with van der Waals surface area (Å²) in [7, 11) is 0. The second-order valence-corrected chi connectivity index (χ2v) is 4.28. The Balaban J connectivity index is 2.42. The van der Waals surface area contributed by atoms with E-state index in [0.29, 0.717) is 0 Å². The topological polar surface area (TPSA) is 105 Å². The van der Waals surface area contributed by atoms with E-state index in [2.05, 4.69) is 4.98 Å². The molecule has 3 N–H and O–H groups in total. The average molecular weight is 260 g/mol. The van der Waals surface area contributed by atoms with E-state index in [9.17, 15) is 14.3 Å². The fourth-order valence-corrected chi connectivity index (χ4v) is 1.95. The Morgan fingerprint density at radius 1 is 1.67 bits per heavy atom. The van der Waals surface area contributed by atoms with E-state index in [-0.39, 0.29) is 0 Å². The Bertz CT molecular complexity index is 503. The zero-order valence-corrected chi connectivity index (χ0v) is 9.52. The molecule has 0 aromatic carbocycles. The van der Waals surface area contributed by atoms with E-state index in [0.717, 1.165) is 23.8 Å². The largest absolute Gasteiger partial charge is 0.493 e. The van der Waals surface area contributed by atoms with Crippen LogP contribution in [0.15, 0.2) is 17.1 Å². The van der Waals surface area contributed by atoms with Crippen LogP contribution in [0.5, 0.6) is 5.88 Å². The Morgan fingerprint density at radius 2 is 2.33 bits per heavy atom. The molecule has 1 aliphatic heterocycles. The quantitative estimate of drug-likeness (QED) is 0.625. The summed E-state index contributed by atoms with van der Waals surface area (Å²) in [5.74, 6) is -0.492. The molecular weight excluding hydrogens is 247 g/mol. The molecule has 7 nitrogen and oxygen atoms in total. The van der Waals surface area contributed by atoms with Crippen molar-refractivity contribution < 1.29 is 24.4 Å². The van der Waals surface area contributed by atoms with Gasteiger partial charge >= 0.3 is 5.69 Å². The molecule has 1 aromatic heterocycles. The molecule has 18 heavy (non-hydrogen) atoms. The van der Waals surface area contributed by atoms with Crippen molar-refractivity contribution in [1.82, 2.24) is 9.55 Å². The lowest BCUT2D eigenvalue weighted by Crippen LogP contribution is -2.42. The van der Waals surface area contributed by atoms with E-state index in [4.69, 9.17) is 14.9 Å². The third-order valence-electron chi connectivity index (χ3n) is 2.96. The zero-order chi connectivity index (χ0) is 13.5. The van der Waals surface area contributed by atoms with Crippen LogP contribution < -0.4 is 5.69 Å². The first-order valence-electron chi connectivity index (χ1n) is 5.29. The second kappa shape index (κ2) is 4.30. The lowest BCUT2D eigenvalue weighted by Gasteiger charge is -2.24. The van der Waals surface area contributed by atoms with Crippen molar-refractivity contribution in [2.75, 3.05) is 6.61 Å². The van der Waals surface area contributed by atoms with Crippen molar-refractivity contribution >= 4 is 0 Å². The molecule has 4 atom stereocenters. The van der Waals surface area contributed by atoms with Gasteiger partial charge in [0.1, 0.15) is 12.2 Å². The van der Waals surface area contributed by atoms with E-state index in [1.165, 1.54) is 0 Å². The fourth-order valence-electron chi connectivity index (χ4n) is 1.95. The maximum absolute atomic E-state index is 14.3. The van der Waals surface area contributed by atoms with Crippen LogP contribution in [-0.2, 0) is 4.74 Å². The van der Waals surface area contributed by atoms with Gasteiger partial charge in [0.25, 0.3) is 0 Å². The molecule has 100 valence electrons. The summed E-state index contributed by atoms with van der Waals surface area (Å²) >= 11 is 0. The molecule has 2 rings (SSSR count). The highest BCUT2D eigenvalue weighted by molar-refractivity contribution is 5.06. The molecule has 1 aliphatic rings. The number of nitrogens with zero attached hydrogens (tertiary/aromatic N) is 2. The van der Waals surface area contributed by atoms with E-state index in [1.54, 1.807) is 0 Å². The maximum Gasteiger partial charge on any atom is 0.353 e. The van der Waals surface area contributed by atoms with Gasteiger partial charge in [-0.3, -0.25) is 4.57 Å². The minimum Gasteiger partial charge on any atom is -0.493 e. The summed E-state index contributed by atoms with van der Waals surface area (Å²) < 4.78 is 20.3. The molecule has 1 aromatic rings. The first kappa shape index (κ1) is 12.9. The normalized spacial score (nSPS) is 35.9. The van der Waals surface area contributed by atoms with Gasteiger partial charge in [0.15, 0.2) is 11.9 Å². The van der Waals surface area contributed by atoms with Crippen LogP contribution in [0.1, 0.15) is 13.2 Å². The molecule has 1 fully saturated rings. The van der Waals surface area contributed by atoms with Crippen LogP contribution in [0, 0.1) is 0 Å². The lowest BCUT2D eigenvalue weighted by molar-refractivity contribution is -0.0612. The Morgan fingerprint density at radius 3 is 2.83 bits per heavy atom. The third-order valence-corrected chi connectivity index (χ3v) is 2.96. The van der Waals surface area contributed by atoms with E-state index >= 15 is 0 Å². The van der Waals surface area contributed by atoms with Gasteiger partial charge in [0.05, 0.1) is 6.61 Å². The number of hydrogen-bond acceptors (Lipinski definition) is 6. The smallest absolute Gasteiger partial charge is 0.353 e. The van der Waals surface area contributed by atoms with Crippen LogP contribution in [-0.4, -0.2) is 49.4 Å². The predicted molar refractivity (Wildman–Crippen MR) is 56.7 cm³/mol. The van der Waals surface area contributed by atoms with Crippen molar-refractivity contribution in [3.63, 3.8) is 0 Å². The van der Waals surface area contributed by atoms with Crippen LogP contribution in [0.4, 0.5) is 4.39 Å². The summed E-state index contributed by atoms with van der Waals surface area (Å²) in [6.45, 7) is 0.495. The van der Waals surface area contributed by atoms with Gasteiger partial charge in [-0.25, -0.2) is 9.18 Å². The maximum atomic E-state index is 14.3. The SMILES string of the molecule is CC1(F)C(O)C(CO)OC1n1ccc(O)nc1=O. The Labute approximate surface area is 101 Å². The van der Waals surface area contributed by atoms with Crippen molar-refractivity contribution in [1.29, 1.82) is 0 Å². The van der Waals surface area contributed by atoms with E-state index in [1.807, 2.05) is 0 Å². The molecule has 0 amide bonds. The van der Waals surface area contributed by atoms with Crippen molar-refractivity contribution in [2.24, 2.45) is 0 Å². The van der Waals surface area contributed by atoms with Gasteiger partial charge in [-0.15, -0.1) is 0 Å². The molecule has 0 radical (unpaired) electrons. The number of aliphatic hydroxyl groups is 2. The summed E-state index contributed by atoms with van der Waals surface area (Å²) in [6, 6.07) is 1.10. The number of halogens is 1. The minimum absolute atomic E-state index is 0.492. The highest BCUT2D eigenvalue weighted by atomic mass is 19.1. The van der Waals surface area contributed by atoms with Gasteiger partial charge in [0, 0.05) is 12.3 Å². The number of aliphatic hydroxyl groups excluding tert-OH is 2. The lowest BCUT2D eigenvalue weighted by atomic mass is 9.98. The Kier molecular flexibility index (Phi) is 3.09. The molecule has 2 heterocycles. The monoisotopic (exact) mass is 260 g/mol. The van der Waals surface area contributed by atoms with Crippen LogP contribution in [0.25, 0.3) is 0 Å². The Hall–Kier alpha value is -1.51. The first-order chi connectivity index (χ1) is 8.37. The number of rotatable bonds is 2. The number of aromatic nitrogens is 2. The molecule has 4 unspecified atom stereocenters. The molecule has 8 heteroatoms. The molecule has 1 saturated heterocycles. The van der Waals surface area contributed by atoms with Gasteiger partial charge in [-0.1, -0.05) is 0 Å². The number of ether oxygens (including phenoxy) is 1. The summed E-state index contributed by atoms with van der Waals surface area (Å²) in [6.07, 6.45) is -2.98. The van der Waals surface area contributed by atoms with Crippen LogP contribution in [0.2, 0.25) is 0 Å². The summed E-state index contributed by atoms with van der Waals surface area (Å²) in [4.78, 5) is 14.7. The van der Waals surface area contributed by atoms with Crippen molar-refractivity contribution in [3.05, 3.63) is 22.7 Å². The van der Waals surface area contributed by atoms with Gasteiger partial charge in [0.2, 0.25) is 5.88 Å². The van der Waals surface area contributed by atoms with Crippen molar-refractivity contribution in [2.45, 2.75) is 31.0 Å². The number of alkyl halides is 1. The highest BCUT2D eigenvalue weighted by Gasteiger charge is 2.55. The first-order valence-corrected chi connectivity index (χ1v) is 5.29. The van der Waals surface area contributed by atoms with Gasteiger partial charge < -0.3 is 20.1 Å². The zero-order valence-electron chi connectivity index (χ0n) is 9.52. The molecule has 0 spiro atoms. The van der Waals surface area contributed by atoms with E-state index < -0.39 is 42.3 Å². The molecular formula is C10H13FN2O5.